The zero-order chi connectivity index (χ0) is 10.6. The summed E-state index contributed by atoms with van der Waals surface area (Å²) in [6.45, 7) is 1.95. The number of carbonyl (C=O) groups is 2. The van der Waals surface area contributed by atoms with Crippen molar-refractivity contribution >= 4 is 11.9 Å². The van der Waals surface area contributed by atoms with Crippen LogP contribution in [0, 0.1) is 0 Å². The molecule has 0 aliphatic heterocycles. The Morgan fingerprint density at radius 1 is 1.50 bits per heavy atom. The van der Waals surface area contributed by atoms with E-state index in [2.05, 4.69) is 14.9 Å². The topological polar surface area (TPSA) is 108 Å². The van der Waals surface area contributed by atoms with Gasteiger partial charge in [-0.05, 0) is 6.92 Å². The highest BCUT2D eigenvalue weighted by molar-refractivity contribution is 5.87. The van der Waals surface area contributed by atoms with Gasteiger partial charge in [-0.25, -0.2) is 0 Å². The van der Waals surface area contributed by atoms with Crippen molar-refractivity contribution < 1.29 is 18.7 Å². The first-order chi connectivity index (χ1) is 6.63. The Morgan fingerprint density at radius 3 is 2.71 bits per heavy atom. The first-order valence-electron chi connectivity index (χ1n) is 3.91. The molecule has 1 aromatic heterocycles. The van der Waals surface area contributed by atoms with Gasteiger partial charge in [0.05, 0.1) is 6.61 Å². The van der Waals surface area contributed by atoms with E-state index in [4.69, 9.17) is 10.2 Å². The molecular formula is C7H9N3O4. The second-order valence-corrected chi connectivity index (χ2v) is 2.35. The van der Waals surface area contributed by atoms with Crippen LogP contribution in [0.15, 0.2) is 4.42 Å². The number of nitrogens with two attached hydrogens (primary N) is 1. The summed E-state index contributed by atoms with van der Waals surface area (Å²) in [7, 11) is 0. The van der Waals surface area contributed by atoms with Crippen molar-refractivity contribution in [1.82, 2.24) is 10.2 Å². The van der Waals surface area contributed by atoms with Crippen LogP contribution in [0.4, 0.5) is 0 Å². The molecule has 0 aliphatic rings. The van der Waals surface area contributed by atoms with E-state index in [0.29, 0.717) is 0 Å². The lowest BCUT2D eigenvalue weighted by molar-refractivity contribution is -0.142. The molecule has 0 saturated heterocycles. The van der Waals surface area contributed by atoms with Crippen LogP contribution in [0.1, 0.15) is 23.5 Å². The first kappa shape index (κ1) is 10.2. The second-order valence-electron chi connectivity index (χ2n) is 2.35. The third kappa shape index (κ3) is 2.54. The van der Waals surface area contributed by atoms with E-state index >= 15 is 0 Å². The largest absolute Gasteiger partial charge is 0.466 e. The molecular weight excluding hydrogens is 190 g/mol. The van der Waals surface area contributed by atoms with Crippen LogP contribution in [0.2, 0.25) is 0 Å². The Labute approximate surface area is 79.2 Å². The van der Waals surface area contributed by atoms with E-state index in [1.165, 1.54) is 0 Å². The molecule has 0 spiro atoms. The van der Waals surface area contributed by atoms with Gasteiger partial charge in [-0.15, -0.1) is 10.2 Å². The molecule has 0 radical (unpaired) electrons. The van der Waals surface area contributed by atoms with Gasteiger partial charge in [-0.1, -0.05) is 0 Å². The fraction of sp³-hybridized carbons (Fsp3) is 0.429. The van der Waals surface area contributed by atoms with Gasteiger partial charge in [-0.2, -0.15) is 0 Å². The van der Waals surface area contributed by atoms with Crippen molar-refractivity contribution in [3.8, 4) is 0 Å². The van der Waals surface area contributed by atoms with Crippen LogP contribution in [0.5, 0.6) is 0 Å². The molecule has 76 valence electrons. The Balaban J connectivity index is 2.59. The quantitative estimate of drug-likeness (QED) is 0.640. The molecule has 0 fully saturated rings. The number of nitrogens with zero attached hydrogens (tertiary/aromatic N) is 2. The van der Waals surface area contributed by atoms with Crippen molar-refractivity contribution in [3.63, 3.8) is 0 Å². The van der Waals surface area contributed by atoms with Crippen LogP contribution in [0.3, 0.4) is 0 Å². The fourth-order valence-corrected chi connectivity index (χ4v) is 0.760. The summed E-state index contributed by atoms with van der Waals surface area (Å²) in [6.07, 6.45) is -0.159. The third-order valence-corrected chi connectivity index (χ3v) is 1.28. The smallest absolute Gasteiger partial charge is 0.315 e. The maximum Gasteiger partial charge on any atom is 0.315 e. The molecule has 0 saturated carbocycles. The highest BCUT2D eigenvalue weighted by atomic mass is 16.5. The fourth-order valence-electron chi connectivity index (χ4n) is 0.760. The Kier molecular flexibility index (Phi) is 3.16. The number of ether oxygens (including phenoxy) is 1. The zero-order valence-corrected chi connectivity index (χ0v) is 7.52. The summed E-state index contributed by atoms with van der Waals surface area (Å²) in [6, 6.07) is 0. The molecule has 7 nitrogen and oxygen atoms in total. The SMILES string of the molecule is CCOC(=O)Cc1nnc(C(N)=O)o1. The van der Waals surface area contributed by atoms with Crippen molar-refractivity contribution in [2.24, 2.45) is 5.73 Å². The van der Waals surface area contributed by atoms with Gasteiger partial charge in [0.15, 0.2) is 0 Å². The minimum absolute atomic E-state index is 0.0113. The van der Waals surface area contributed by atoms with Gasteiger partial charge in [0, 0.05) is 0 Å². The number of amides is 1. The standard InChI is InChI=1S/C7H9N3O4/c1-2-13-5(11)3-4-9-10-7(14-4)6(8)12/h2-3H2,1H3,(H2,8,12). The molecule has 1 aromatic rings. The monoisotopic (exact) mass is 199 g/mol. The molecule has 14 heavy (non-hydrogen) atoms. The summed E-state index contributed by atoms with van der Waals surface area (Å²) in [5, 5.41) is 6.77. The molecule has 1 rings (SSSR count). The van der Waals surface area contributed by atoms with Crippen LogP contribution >= 0.6 is 0 Å². The van der Waals surface area contributed by atoms with Crippen LogP contribution in [-0.4, -0.2) is 28.7 Å². The molecule has 2 N–H and O–H groups in total. The van der Waals surface area contributed by atoms with Crippen molar-refractivity contribution in [3.05, 3.63) is 11.8 Å². The lowest BCUT2D eigenvalue weighted by Gasteiger charge is -1.96. The minimum Gasteiger partial charge on any atom is -0.466 e. The summed E-state index contributed by atoms with van der Waals surface area (Å²) in [5.41, 5.74) is 4.87. The van der Waals surface area contributed by atoms with Gasteiger partial charge < -0.3 is 14.9 Å². The summed E-state index contributed by atoms with van der Waals surface area (Å²) in [4.78, 5) is 21.5. The zero-order valence-electron chi connectivity index (χ0n) is 7.52. The van der Waals surface area contributed by atoms with Crippen LogP contribution < -0.4 is 5.73 Å². The molecule has 0 aliphatic carbocycles. The van der Waals surface area contributed by atoms with E-state index in [1.807, 2.05) is 0 Å². The number of carbonyl (C=O) groups excluding carboxylic acids is 2. The highest BCUT2D eigenvalue weighted by Gasteiger charge is 2.14. The van der Waals surface area contributed by atoms with Gasteiger partial charge >= 0.3 is 17.8 Å². The second kappa shape index (κ2) is 4.35. The number of esters is 1. The summed E-state index contributed by atoms with van der Waals surface area (Å²) < 4.78 is 9.40. The molecule has 0 bridgehead atoms. The highest BCUT2D eigenvalue weighted by Crippen LogP contribution is 2.00. The Morgan fingerprint density at radius 2 is 2.21 bits per heavy atom. The van der Waals surface area contributed by atoms with Crippen LogP contribution in [-0.2, 0) is 16.0 Å². The van der Waals surface area contributed by atoms with E-state index < -0.39 is 11.9 Å². The van der Waals surface area contributed by atoms with Crippen molar-refractivity contribution in [2.45, 2.75) is 13.3 Å². The van der Waals surface area contributed by atoms with Gasteiger partial charge in [0.1, 0.15) is 6.42 Å². The maximum absolute atomic E-state index is 10.9. The van der Waals surface area contributed by atoms with Gasteiger partial charge in [0.2, 0.25) is 5.89 Å². The lowest BCUT2D eigenvalue weighted by atomic mass is 10.4. The van der Waals surface area contributed by atoms with E-state index in [9.17, 15) is 9.59 Å². The number of hydrogen-bond donors (Lipinski definition) is 1. The third-order valence-electron chi connectivity index (χ3n) is 1.28. The Bertz CT molecular complexity index is 346. The summed E-state index contributed by atoms with van der Waals surface area (Å²) in [5.74, 6) is -1.62. The minimum atomic E-state index is -0.826. The summed E-state index contributed by atoms with van der Waals surface area (Å²) >= 11 is 0. The number of primary amides is 1. The number of hydrogen-bond acceptors (Lipinski definition) is 6. The normalized spacial score (nSPS) is 9.79. The average Bonchev–Trinajstić information content (AvgIpc) is 2.53. The molecule has 1 heterocycles. The van der Waals surface area contributed by atoms with Crippen molar-refractivity contribution in [1.29, 1.82) is 0 Å². The molecule has 0 unspecified atom stereocenters. The Hall–Kier alpha value is -1.92. The predicted molar refractivity (Wildman–Crippen MR) is 43.2 cm³/mol. The average molecular weight is 199 g/mol. The number of rotatable bonds is 4. The van der Waals surface area contributed by atoms with Crippen molar-refractivity contribution in [2.75, 3.05) is 6.61 Å². The molecule has 1 amide bonds. The predicted octanol–water partition coefficient (Wildman–Crippen LogP) is -0.726. The van der Waals surface area contributed by atoms with E-state index in [0.717, 1.165) is 0 Å². The van der Waals surface area contributed by atoms with E-state index in [-0.39, 0.29) is 24.8 Å². The number of aromatic nitrogens is 2. The van der Waals surface area contributed by atoms with E-state index in [1.54, 1.807) is 6.92 Å². The molecule has 0 aromatic carbocycles. The van der Waals surface area contributed by atoms with Gasteiger partial charge in [0.25, 0.3) is 0 Å². The molecule has 0 atom stereocenters. The maximum atomic E-state index is 10.9. The van der Waals surface area contributed by atoms with Crippen LogP contribution in [0.25, 0.3) is 0 Å². The molecule has 7 heteroatoms. The van der Waals surface area contributed by atoms with Gasteiger partial charge in [-0.3, -0.25) is 9.59 Å². The lowest BCUT2D eigenvalue weighted by Crippen LogP contribution is -2.11. The first-order valence-corrected chi connectivity index (χ1v) is 3.91.